The number of aliphatic carboxylic acids is 1. The smallest absolute Gasteiger partial charge is 0.407 e. The van der Waals surface area contributed by atoms with Crippen molar-refractivity contribution in [2.24, 2.45) is 17.3 Å². The van der Waals surface area contributed by atoms with Crippen LogP contribution >= 0.6 is 0 Å². The maximum absolute atomic E-state index is 12.6. The molecular formula is C28H36N2O5. The van der Waals surface area contributed by atoms with Gasteiger partial charge >= 0.3 is 12.1 Å². The maximum Gasteiger partial charge on any atom is 0.407 e. The quantitative estimate of drug-likeness (QED) is 0.478. The van der Waals surface area contributed by atoms with Crippen LogP contribution in [0.15, 0.2) is 48.5 Å². The molecule has 0 saturated heterocycles. The van der Waals surface area contributed by atoms with Crippen LogP contribution in [0, 0.1) is 17.3 Å². The van der Waals surface area contributed by atoms with E-state index in [2.05, 4.69) is 34.9 Å². The number of alkyl carbamates (subject to hydrolysis) is 1. The fourth-order valence-corrected chi connectivity index (χ4v) is 4.51. The first kappa shape index (κ1) is 26.3. The van der Waals surface area contributed by atoms with Crippen molar-refractivity contribution in [2.75, 3.05) is 13.2 Å². The van der Waals surface area contributed by atoms with Gasteiger partial charge in [0.1, 0.15) is 12.6 Å². The van der Waals surface area contributed by atoms with E-state index in [0.29, 0.717) is 0 Å². The highest BCUT2D eigenvalue weighted by atomic mass is 16.5. The molecule has 2 aromatic rings. The van der Waals surface area contributed by atoms with Crippen LogP contribution in [0.5, 0.6) is 0 Å². The molecule has 0 saturated carbocycles. The van der Waals surface area contributed by atoms with Gasteiger partial charge in [-0.1, -0.05) is 83.1 Å². The van der Waals surface area contributed by atoms with E-state index in [1.54, 1.807) is 20.8 Å². The Kier molecular flexibility index (Phi) is 8.20. The van der Waals surface area contributed by atoms with Crippen molar-refractivity contribution in [3.05, 3.63) is 59.7 Å². The number of hydrogen-bond donors (Lipinski definition) is 3. The lowest BCUT2D eigenvalue weighted by atomic mass is 9.86. The number of ether oxygens (including phenoxy) is 1. The van der Waals surface area contributed by atoms with Crippen molar-refractivity contribution in [1.82, 2.24) is 10.6 Å². The minimum Gasteiger partial charge on any atom is -0.480 e. The predicted molar refractivity (Wildman–Crippen MR) is 135 cm³/mol. The van der Waals surface area contributed by atoms with Crippen molar-refractivity contribution in [3.63, 3.8) is 0 Å². The Morgan fingerprint density at radius 3 is 2.00 bits per heavy atom. The average Bonchev–Trinajstić information content (AvgIpc) is 3.11. The Morgan fingerprint density at radius 1 is 0.971 bits per heavy atom. The molecule has 2 aromatic carbocycles. The van der Waals surface area contributed by atoms with Crippen LogP contribution in [0.1, 0.15) is 58.1 Å². The molecule has 0 heterocycles. The molecule has 0 aromatic heterocycles. The van der Waals surface area contributed by atoms with Gasteiger partial charge in [0.05, 0.1) is 0 Å². The molecule has 3 N–H and O–H groups in total. The van der Waals surface area contributed by atoms with E-state index >= 15 is 0 Å². The lowest BCUT2D eigenvalue weighted by Gasteiger charge is -2.29. The van der Waals surface area contributed by atoms with E-state index in [1.807, 2.05) is 38.1 Å². The van der Waals surface area contributed by atoms with Gasteiger partial charge in [0.15, 0.2) is 0 Å². The zero-order valence-corrected chi connectivity index (χ0v) is 21.1. The zero-order valence-electron chi connectivity index (χ0n) is 21.1. The fourth-order valence-electron chi connectivity index (χ4n) is 4.51. The van der Waals surface area contributed by atoms with Gasteiger partial charge in [-0.3, -0.25) is 4.79 Å². The van der Waals surface area contributed by atoms with Crippen LogP contribution in [0.4, 0.5) is 4.79 Å². The maximum atomic E-state index is 12.6. The first-order chi connectivity index (χ1) is 16.5. The molecule has 0 radical (unpaired) electrons. The summed E-state index contributed by atoms with van der Waals surface area (Å²) in [5, 5.41) is 14.9. The van der Waals surface area contributed by atoms with Gasteiger partial charge in [0, 0.05) is 18.9 Å². The third-order valence-electron chi connectivity index (χ3n) is 6.66. The topological polar surface area (TPSA) is 105 Å². The Hall–Kier alpha value is -3.35. The minimum absolute atomic E-state index is 0.0230. The molecule has 0 bridgehead atoms. The summed E-state index contributed by atoms with van der Waals surface area (Å²) in [6.07, 6.45) is -0.419. The standard InChI is InChI=1S/C28H36N2O5/c1-17(2)18(14-24(31)30-25(26(32)33)28(3,4)5)15-29-27(34)35-16-23-21-12-8-6-10-19(21)20-11-7-9-13-22(20)23/h6-13,17-18,23,25H,14-16H2,1-5H3,(H,29,34)(H,30,31)(H,32,33). The van der Waals surface area contributed by atoms with E-state index in [4.69, 9.17) is 4.74 Å². The molecule has 0 fully saturated rings. The second kappa shape index (κ2) is 10.9. The van der Waals surface area contributed by atoms with Crippen molar-refractivity contribution in [1.29, 1.82) is 0 Å². The van der Waals surface area contributed by atoms with Gasteiger partial charge in [0.2, 0.25) is 5.91 Å². The highest BCUT2D eigenvalue weighted by Gasteiger charge is 2.33. The molecular weight excluding hydrogens is 444 g/mol. The third-order valence-corrected chi connectivity index (χ3v) is 6.66. The summed E-state index contributed by atoms with van der Waals surface area (Å²) in [4.78, 5) is 36.7. The Morgan fingerprint density at radius 2 is 1.51 bits per heavy atom. The number of amides is 2. The lowest BCUT2D eigenvalue weighted by molar-refractivity contribution is -0.145. The molecule has 2 unspecified atom stereocenters. The second-order valence-corrected chi connectivity index (χ2v) is 10.6. The summed E-state index contributed by atoms with van der Waals surface area (Å²) >= 11 is 0. The summed E-state index contributed by atoms with van der Waals surface area (Å²) in [5.41, 5.74) is 4.00. The number of carbonyl (C=O) groups excluding carboxylic acids is 2. The fraction of sp³-hybridized carbons (Fsp3) is 0.464. The third kappa shape index (κ3) is 6.41. The van der Waals surface area contributed by atoms with Crippen molar-refractivity contribution in [3.8, 4) is 11.1 Å². The van der Waals surface area contributed by atoms with Gasteiger partial charge in [-0.05, 0) is 39.5 Å². The summed E-state index contributed by atoms with van der Waals surface area (Å²) in [6.45, 7) is 9.72. The van der Waals surface area contributed by atoms with E-state index < -0.39 is 23.5 Å². The monoisotopic (exact) mass is 480 g/mol. The van der Waals surface area contributed by atoms with E-state index in [1.165, 1.54) is 0 Å². The first-order valence-corrected chi connectivity index (χ1v) is 12.1. The van der Waals surface area contributed by atoms with Crippen LogP contribution in [0.2, 0.25) is 0 Å². The van der Waals surface area contributed by atoms with Crippen molar-refractivity contribution < 1.29 is 24.2 Å². The first-order valence-electron chi connectivity index (χ1n) is 12.1. The van der Waals surface area contributed by atoms with Crippen molar-refractivity contribution in [2.45, 2.75) is 53.0 Å². The minimum atomic E-state index is -1.07. The lowest BCUT2D eigenvalue weighted by Crippen LogP contribution is -2.49. The number of carboxylic acid groups (broad SMARTS) is 1. The largest absolute Gasteiger partial charge is 0.480 e. The highest BCUT2D eigenvalue weighted by molar-refractivity contribution is 5.84. The van der Waals surface area contributed by atoms with Gasteiger partial charge in [-0.15, -0.1) is 0 Å². The van der Waals surface area contributed by atoms with Crippen LogP contribution < -0.4 is 10.6 Å². The average molecular weight is 481 g/mol. The van der Waals surface area contributed by atoms with Gasteiger partial charge < -0.3 is 20.5 Å². The summed E-state index contributed by atoms with van der Waals surface area (Å²) in [6, 6.07) is 15.3. The number of fused-ring (bicyclic) bond motifs is 3. The number of rotatable bonds is 9. The molecule has 7 heteroatoms. The van der Waals surface area contributed by atoms with Gasteiger partial charge in [-0.2, -0.15) is 0 Å². The molecule has 0 aliphatic heterocycles. The molecule has 1 aliphatic rings. The summed E-state index contributed by atoms with van der Waals surface area (Å²) in [7, 11) is 0. The predicted octanol–water partition coefficient (Wildman–Crippen LogP) is 4.80. The molecule has 1 aliphatic carbocycles. The Labute approximate surface area is 207 Å². The SMILES string of the molecule is CC(C)C(CNC(=O)OCC1c2ccccc2-c2ccccc21)CC(=O)NC(C(=O)O)C(C)(C)C. The van der Waals surface area contributed by atoms with Gasteiger partial charge in [-0.25, -0.2) is 9.59 Å². The molecule has 3 rings (SSSR count). The Bertz CT molecular complexity index is 1030. The Balaban J connectivity index is 1.55. The number of benzene rings is 2. The molecule has 2 amide bonds. The molecule has 2 atom stereocenters. The van der Waals surface area contributed by atoms with E-state index in [9.17, 15) is 19.5 Å². The van der Waals surface area contributed by atoms with Gasteiger partial charge in [0.25, 0.3) is 0 Å². The highest BCUT2D eigenvalue weighted by Crippen LogP contribution is 2.44. The normalized spacial score (nSPS) is 14.6. The summed E-state index contributed by atoms with van der Waals surface area (Å²) < 4.78 is 5.59. The zero-order chi connectivity index (χ0) is 25.8. The van der Waals surface area contributed by atoms with E-state index in [0.717, 1.165) is 22.3 Å². The second-order valence-electron chi connectivity index (χ2n) is 10.6. The van der Waals surface area contributed by atoms with Crippen LogP contribution in [0.25, 0.3) is 11.1 Å². The number of nitrogens with one attached hydrogen (secondary N) is 2. The van der Waals surface area contributed by atoms with Crippen LogP contribution in [-0.4, -0.2) is 42.3 Å². The van der Waals surface area contributed by atoms with Crippen molar-refractivity contribution >= 4 is 18.0 Å². The molecule has 35 heavy (non-hydrogen) atoms. The number of carbonyl (C=O) groups is 3. The van der Waals surface area contributed by atoms with Crippen LogP contribution in [0.3, 0.4) is 0 Å². The molecule has 0 spiro atoms. The molecule has 188 valence electrons. The summed E-state index contributed by atoms with van der Waals surface area (Å²) in [5.74, 6) is -1.49. The van der Waals surface area contributed by atoms with E-state index in [-0.39, 0.29) is 43.2 Å². The van der Waals surface area contributed by atoms with Crippen LogP contribution in [-0.2, 0) is 14.3 Å². The number of carboxylic acids is 1. The number of hydrogen-bond acceptors (Lipinski definition) is 4. The molecule has 7 nitrogen and oxygen atoms in total.